The maximum Gasteiger partial charge on any atom is 0.167 e. The number of fused-ring (bicyclic) bond motifs is 2. The molecule has 2 aliphatic rings. The summed E-state index contributed by atoms with van der Waals surface area (Å²) in [5.74, 6) is 0.242. The molecule has 2 bridgehead atoms. The van der Waals surface area contributed by atoms with Gasteiger partial charge in [-0.1, -0.05) is 41.5 Å². The van der Waals surface area contributed by atoms with Gasteiger partial charge in [0.2, 0.25) is 0 Å². The molecule has 2 saturated carbocycles. The maximum absolute atomic E-state index is 12.7. The third-order valence-corrected chi connectivity index (χ3v) is 6.73. The molecule has 2 N–H and O–H groups in total. The first-order valence-electron chi connectivity index (χ1n) is 7.80. The molecule has 116 valence electrons. The molecule has 0 aromatic heterocycles. The van der Waals surface area contributed by atoms with Gasteiger partial charge in [-0.3, -0.25) is 4.79 Å². The monoisotopic (exact) mass is 282 g/mol. The van der Waals surface area contributed by atoms with E-state index in [9.17, 15) is 15.0 Å². The predicted octanol–water partition coefficient (Wildman–Crippen LogP) is 2.93. The van der Waals surface area contributed by atoms with Crippen LogP contribution in [-0.2, 0) is 4.79 Å². The van der Waals surface area contributed by atoms with Crippen molar-refractivity contribution >= 4 is 5.78 Å². The fourth-order valence-corrected chi connectivity index (χ4v) is 4.35. The summed E-state index contributed by atoms with van der Waals surface area (Å²) >= 11 is 0. The van der Waals surface area contributed by atoms with Crippen LogP contribution in [0.2, 0.25) is 0 Å². The van der Waals surface area contributed by atoms with E-state index < -0.39 is 11.7 Å². The van der Waals surface area contributed by atoms with Crippen molar-refractivity contribution in [3.63, 3.8) is 0 Å². The molecular weight excluding hydrogens is 252 g/mol. The van der Waals surface area contributed by atoms with E-state index in [1.165, 1.54) is 0 Å². The van der Waals surface area contributed by atoms with Gasteiger partial charge in [0.05, 0.1) is 6.10 Å². The fourth-order valence-electron chi connectivity index (χ4n) is 4.35. The molecule has 2 fully saturated rings. The van der Waals surface area contributed by atoms with Gasteiger partial charge in [0.1, 0.15) is 5.60 Å². The summed E-state index contributed by atoms with van der Waals surface area (Å²) in [4.78, 5) is 12.7. The SMILES string of the molecule is CC(C)(C)[C@H](O)CC(=O)[C@@]1(O)C[C@H]2CC[C@]1(C)C2(C)C. The van der Waals surface area contributed by atoms with E-state index in [0.717, 1.165) is 12.8 Å². The Labute approximate surface area is 122 Å². The lowest BCUT2D eigenvalue weighted by atomic mass is 9.62. The lowest BCUT2D eigenvalue weighted by Crippen LogP contribution is -2.54. The van der Waals surface area contributed by atoms with Crippen molar-refractivity contribution < 1.29 is 15.0 Å². The molecule has 3 nitrogen and oxygen atoms in total. The molecule has 0 spiro atoms. The first-order valence-corrected chi connectivity index (χ1v) is 7.80. The molecule has 0 heterocycles. The van der Waals surface area contributed by atoms with Gasteiger partial charge in [-0.2, -0.15) is 0 Å². The van der Waals surface area contributed by atoms with Gasteiger partial charge < -0.3 is 10.2 Å². The number of carbonyl (C=O) groups is 1. The Balaban J connectivity index is 2.23. The van der Waals surface area contributed by atoms with Crippen LogP contribution >= 0.6 is 0 Å². The van der Waals surface area contributed by atoms with E-state index in [-0.39, 0.29) is 28.4 Å². The van der Waals surface area contributed by atoms with Crippen molar-refractivity contribution in [3.8, 4) is 0 Å². The highest BCUT2D eigenvalue weighted by Gasteiger charge is 2.70. The van der Waals surface area contributed by atoms with E-state index in [2.05, 4.69) is 20.8 Å². The number of Topliss-reactive ketones (excluding diaryl/α,β-unsaturated/α-hetero) is 1. The second-order valence-electron chi connectivity index (χ2n) is 8.86. The highest BCUT2D eigenvalue weighted by Crippen LogP contribution is 2.70. The van der Waals surface area contributed by atoms with Crippen LogP contribution in [0, 0.1) is 22.2 Å². The van der Waals surface area contributed by atoms with Crippen molar-refractivity contribution in [1.82, 2.24) is 0 Å². The normalized spacial score (nSPS) is 40.9. The first kappa shape index (κ1) is 16.0. The molecule has 2 aliphatic carbocycles. The molecule has 20 heavy (non-hydrogen) atoms. The molecule has 0 aromatic carbocycles. The summed E-state index contributed by atoms with van der Waals surface area (Å²) in [6.45, 7) is 12.2. The van der Waals surface area contributed by atoms with Crippen LogP contribution in [0.4, 0.5) is 0 Å². The summed E-state index contributed by atoms with van der Waals surface area (Å²) in [6, 6.07) is 0. The number of carbonyl (C=O) groups excluding carboxylic acids is 1. The second-order valence-corrected chi connectivity index (χ2v) is 8.86. The van der Waals surface area contributed by atoms with Gasteiger partial charge in [0.25, 0.3) is 0 Å². The van der Waals surface area contributed by atoms with Gasteiger partial charge in [-0.05, 0) is 36.0 Å². The van der Waals surface area contributed by atoms with Crippen LogP contribution in [0.1, 0.15) is 67.2 Å². The molecule has 0 amide bonds. The Bertz CT molecular complexity index is 420. The van der Waals surface area contributed by atoms with Gasteiger partial charge in [-0.15, -0.1) is 0 Å². The summed E-state index contributed by atoms with van der Waals surface area (Å²) in [7, 11) is 0. The molecule has 0 aromatic rings. The maximum atomic E-state index is 12.7. The van der Waals surface area contributed by atoms with Crippen molar-refractivity contribution in [3.05, 3.63) is 0 Å². The first-order chi connectivity index (χ1) is 8.86. The Hall–Kier alpha value is -0.410. The van der Waals surface area contributed by atoms with Crippen LogP contribution < -0.4 is 0 Å². The van der Waals surface area contributed by atoms with Crippen molar-refractivity contribution in [2.75, 3.05) is 0 Å². The van der Waals surface area contributed by atoms with Crippen LogP contribution in [0.15, 0.2) is 0 Å². The highest BCUT2D eigenvalue weighted by molar-refractivity contribution is 5.89. The zero-order valence-electron chi connectivity index (χ0n) is 13.8. The van der Waals surface area contributed by atoms with E-state index in [1.807, 2.05) is 20.8 Å². The Morgan fingerprint density at radius 3 is 2.20 bits per heavy atom. The number of hydrogen-bond donors (Lipinski definition) is 2. The minimum atomic E-state index is -1.26. The van der Waals surface area contributed by atoms with Gasteiger partial charge in [0, 0.05) is 11.8 Å². The minimum Gasteiger partial charge on any atom is -0.392 e. The summed E-state index contributed by atoms with van der Waals surface area (Å²) in [6.07, 6.45) is 1.91. The molecule has 4 atom stereocenters. The van der Waals surface area contributed by atoms with E-state index in [0.29, 0.717) is 12.3 Å². The lowest BCUT2D eigenvalue weighted by Gasteiger charge is -2.44. The van der Waals surface area contributed by atoms with Crippen molar-refractivity contribution in [2.24, 2.45) is 22.2 Å². The number of aliphatic hydroxyl groups excluding tert-OH is 1. The lowest BCUT2D eigenvalue weighted by molar-refractivity contribution is -0.158. The smallest absolute Gasteiger partial charge is 0.167 e. The average molecular weight is 282 g/mol. The van der Waals surface area contributed by atoms with Crippen LogP contribution in [0.25, 0.3) is 0 Å². The number of aliphatic hydroxyl groups is 2. The minimum absolute atomic E-state index is 0.00983. The largest absolute Gasteiger partial charge is 0.392 e. The molecule has 3 heteroatoms. The number of ketones is 1. The summed E-state index contributed by atoms with van der Waals surface area (Å²) in [5.41, 5.74) is -1.96. The molecule has 0 aliphatic heterocycles. The molecule has 0 radical (unpaired) electrons. The average Bonchev–Trinajstić information content (AvgIpc) is 2.59. The summed E-state index contributed by atoms with van der Waals surface area (Å²) < 4.78 is 0. The van der Waals surface area contributed by atoms with E-state index in [1.54, 1.807) is 0 Å². The fraction of sp³-hybridized carbons (Fsp3) is 0.941. The third-order valence-electron chi connectivity index (χ3n) is 6.73. The van der Waals surface area contributed by atoms with E-state index in [4.69, 9.17) is 0 Å². The quantitative estimate of drug-likeness (QED) is 0.837. The third kappa shape index (κ3) is 1.89. The number of hydrogen-bond acceptors (Lipinski definition) is 3. The highest BCUT2D eigenvalue weighted by atomic mass is 16.3. The predicted molar refractivity (Wildman–Crippen MR) is 79.3 cm³/mol. The Morgan fingerprint density at radius 1 is 1.30 bits per heavy atom. The van der Waals surface area contributed by atoms with Gasteiger partial charge >= 0.3 is 0 Å². The standard InChI is InChI=1S/C17H30O3/c1-14(2,3)12(18)9-13(19)17(20)10-11-7-8-16(17,6)15(11,4)5/h11-12,18,20H,7-10H2,1-6H3/t11-,12-,16-,17+/m1/s1. The molecule has 2 rings (SSSR count). The van der Waals surface area contributed by atoms with Crippen LogP contribution in [0.3, 0.4) is 0 Å². The topological polar surface area (TPSA) is 57.5 Å². The van der Waals surface area contributed by atoms with Crippen molar-refractivity contribution in [1.29, 1.82) is 0 Å². The van der Waals surface area contributed by atoms with Gasteiger partial charge in [0.15, 0.2) is 5.78 Å². The zero-order valence-corrected chi connectivity index (χ0v) is 13.8. The zero-order chi connectivity index (χ0) is 15.6. The molecule has 0 unspecified atom stereocenters. The Morgan fingerprint density at radius 2 is 1.85 bits per heavy atom. The molecular formula is C17H30O3. The second kappa shape index (κ2) is 4.30. The Kier molecular flexibility index (Phi) is 3.43. The molecule has 0 saturated heterocycles. The van der Waals surface area contributed by atoms with Crippen molar-refractivity contribution in [2.45, 2.75) is 78.9 Å². The van der Waals surface area contributed by atoms with E-state index >= 15 is 0 Å². The van der Waals surface area contributed by atoms with Crippen LogP contribution in [-0.4, -0.2) is 27.7 Å². The van der Waals surface area contributed by atoms with Gasteiger partial charge in [-0.25, -0.2) is 0 Å². The summed E-state index contributed by atoms with van der Waals surface area (Å²) in [5, 5.41) is 21.3. The number of rotatable bonds is 3. The van der Waals surface area contributed by atoms with Crippen LogP contribution in [0.5, 0.6) is 0 Å².